The Morgan fingerprint density at radius 2 is 1.00 bits per heavy atom. The first-order valence-corrected chi connectivity index (χ1v) is 9.63. The Balaban J connectivity index is 3.02. The topological polar surface area (TPSA) is 18.5 Å². The molecular weight excluding hydrogens is 260 g/mol. The molecule has 0 amide bonds. The summed E-state index contributed by atoms with van der Waals surface area (Å²) in [6, 6.07) is 0. The molecule has 2 nitrogen and oxygen atoms in total. The van der Waals surface area contributed by atoms with Gasteiger partial charge in [0.1, 0.15) is 0 Å². The first-order chi connectivity index (χ1) is 10.3. The highest BCUT2D eigenvalue weighted by molar-refractivity contribution is 4.49. The van der Waals surface area contributed by atoms with Gasteiger partial charge < -0.3 is 0 Å². The van der Waals surface area contributed by atoms with Crippen LogP contribution < -0.4 is 0 Å². The maximum absolute atomic E-state index is 5.34. The molecule has 0 aromatic rings. The zero-order valence-electron chi connectivity index (χ0n) is 15.0. The SMILES string of the molecule is CCCCCCCCCCCCCCOOC(CC)CC. The van der Waals surface area contributed by atoms with E-state index in [1.54, 1.807) is 0 Å². The van der Waals surface area contributed by atoms with Gasteiger partial charge >= 0.3 is 0 Å². The zero-order valence-corrected chi connectivity index (χ0v) is 15.0. The summed E-state index contributed by atoms with van der Waals surface area (Å²) in [4.78, 5) is 10.6. The van der Waals surface area contributed by atoms with Gasteiger partial charge in [-0.1, -0.05) is 91.4 Å². The van der Waals surface area contributed by atoms with Crippen molar-refractivity contribution in [3.8, 4) is 0 Å². The fraction of sp³-hybridized carbons (Fsp3) is 1.00. The van der Waals surface area contributed by atoms with Gasteiger partial charge in [-0.3, -0.25) is 0 Å². The highest BCUT2D eigenvalue weighted by atomic mass is 17.2. The lowest BCUT2D eigenvalue weighted by atomic mass is 10.1. The summed E-state index contributed by atoms with van der Waals surface area (Å²) in [5.74, 6) is 0. The van der Waals surface area contributed by atoms with Crippen molar-refractivity contribution in [2.24, 2.45) is 0 Å². The lowest BCUT2D eigenvalue weighted by molar-refractivity contribution is -0.325. The smallest absolute Gasteiger partial charge is 0.0924 e. The second kappa shape index (κ2) is 18.0. The average molecular weight is 301 g/mol. The molecule has 2 heteroatoms. The molecule has 0 N–H and O–H groups in total. The summed E-state index contributed by atoms with van der Waals surface area (Å²) in [7, 11) is 0. The maximum atomic E-state index is 5.34. The molecule has 0 heterocycles. The third-order valence-corrected chi connectivity index (χ3v) is 4.20. The van der Waals surface area contributed by atoms with Gasteiger partial charge in [-0.25, -0.2) is 9.78 Å². The van der Waals surface area contributed by atoms with Crippen LogP contribution >= 0.6 is 0 Å². The highest BCUT2D eigenvalue weighted by Crippen LogP contribution is 2.12. The van der Waals surface area contributed by atoms with Gasteiger partial charge in [0.25, 0.3) is 0 Å². The Labute approximate surface area is 133 Å². The van der Waals surface area contributed by atoms with Gasteiger partial charge in [0.2, 0.25) is 0 Å². The van der Waals surface area contributed by atoms with Gasteiger partial charge in [0.05, 0.1) is 12.7 Å². The molecule has 0 aliphatic heterocycles. The minimum atomic E-state index is 0.280. The molecule has 0 saturated heterocycles. The Bertz CT molecular complexity index is 178. The molecule has 0 fully saturated rings. The summed E-state index contributed by atoms with van der Waals surface area (Å²) in [5, 5.41) is 0. The van der Waals surface area contributed by atoms with Crippen molar-refractivity contribution in [3.05, 3.63) is 0 Å². The van der Waals surface area contributed by atoms with E-state index < -0.39 is 0 Å². The number of rotatable bonds is 17. The molecule has 0 radical (unpaired) electrons. The van der Waals surface area contributed by atoms with E-state index in [0.29, 0.717) is 0 Å². The molecule has 0 spiro atoms. The van der Waals surface area contributed by atoms with Crippen molar-refractivity contribution in [2.75, 3.05) is 6.61 Å². The third kappa shape index (κ3) is 16.1. The number of unbranched alkanes of at least 4 members (excludes halogenated alkanes) is 11. The van der Waals surface area contributed by atoms with Gasteiger partial charge in [0, 0.05) is 0 Å². The first kappa shape index (κ1) is 20.9. The first-order valence-electron chi connectivity index (χ1n) is 9.63. The third-order valence-electron chi connectivity index (χ3n) is 4.20. The predicted octanol–water partition coefficient (Wildman–Crippen LogP) is 6.82. The molecule has 0 unspecified atom stereocenters. The van der Waals surface area contributed by atoms with E-state index >= 15 is 0 Å². The van der Waals surface area contributed by atoms with E-state index in [1.165, 1.54) is 70.6 Å². The Kier molecular flexibility index (Phi) is 17.9. The zero-order chi connectivity index (χ0) is 15.6. The van der Waals surface area contributed by atoms with Crippen LogP contribution in [0.3, 0.4) is 0 Å². The largest absolute Gasteiger partial charge is 0.236 e. The van der Waals surface area contributed by atoms with Gasteiger partial charge in [0.15, 0.2) is 0 Å². The van der Waals surface area contributed by atoms with Crippen LogP contribution in [0.1, 0.15) is 111 Å². The monoisotopic (exact) mass is 300 g/mol. The summed E-state index contributed by atoms with van der Waals surface area (Å²) in [6.07, 6.45) is 18.9. The van der Waals surface area contributed by atoms with Crippen LogP contribution in [0, 0.1) is 0 Å². The van der Waals surface area contributed by atoms with E-state index in [2.05, 4.69) is 20.8 Å². The molecule has 0 aromatic heterocycles. The second-order valence-corrected chi connectivity index (χ2v) is 6.25. The minimum Gasteiger partial charge on any atom is -0.236 e. The fourth-order valence-corrected chi connectivity index (χ4v) is 2.57. The highest BCUT2D eigenvalue weighted by Gasteiger charge is 2.03. The summed E-state index contributed by atoms with van der Waals surface area (Å²) < 4.78 is 0. The van der Waals surface area contributed by atoms with Crippen molar-refractivity contribution in [1.82, 2.24) is 0 Å². The van der Waals surface area contributed by atoms with Gasteiger partial charge in [-0.2, -0.15) is 0 Å². The lowest BCUT2D eigenvalue weighted by Gasteiger charge is -2.12. The minimum absolute atomic E-state index is 0.280. The van der Waals surface area contributed by atoms with Crippen molar-refractivity contribution >= 4 is 0 Å². The molecule has 0 bridgehead atoms. The summed E-state index contributed by atoms with van der Waals surface area (Å²) in [5.41, 5.74) is 0. The van der Waals surface area contributed by atoms with E-state index in [4.69, 9.17) is 9.78 Å². The molecule has 0 aliphatic carbocycles. The van der Waals surface area contributed by atoms with Crippen molar-refractivity contribution in [3.63, 3.8) is 0 Å². The molecule has 21 heavy (non-hydrogen) atoms. The van der Waals surface area contributed by atoms with Crippen LogP contribution in [-0.2, 0) is 9.78 Å². The Morgan fingerprint density at radius 3 is 1.43 bits per heavy atom. The van der Waals surface area contributed by atoms with Crippen molar-refractivity contribution in [1.29, 1.82) is 0 Å². The summed E-state index contributed by atoms with van der Waals surface area (Å²) in [6.45, 7) is 7.32. The standard InChI is InChI=1S/C19H40O2/c1-4-7-8-9-10-11-12-13-14-15-16-17-18-20-21-19(5-2)6-3/h19H,4-18H2,1-3H3. The average Bonchev–Trinajstić information content (AvgIpc) is 2.51. The quantitative estimate of drug-likeness (QED) is 0.167. The van der Waals surface area contributed by atoms with Gasteiger partial charge in [-0.15, -0.1) is 0 Å². The fourth-order valence-electron chi connectivity index (χ4n) is 2.57. The van der Waals surface area contributed by atoms with Crippen LogP contribution in [0.15, 0.2) is 0 Å². The number of hydrogen-bond acceptors (Lipinski definition) is 2. The Hall–Kier alpha value is -0.0800. The van der Waals surface area contributed by atoms with Gasteiger partial charge in [-0.05, 0) is 19.3 Å². The molecule has 0 aromatic carbocycles. The predicted molar refractivity (Wildman–Crippen MR) is 92.5 cm³/mol. The van der Waals surface area contributed by atoms with E-state index in [1.807, 2.05) is 0 Å². The van der Waals surface area contributed by atoms with Crippen LogP contribution in [-0.4, -0.2) is 12.7 Å². The normalized spacial score (nSPS) is 11.4. The molecule has 0 saturated carbocycles. The molecule has 0 atom stereocenters. The maximum Gasteiger partial charge on any atom is 0.0924 e. The second-order valence-electron chi connectivity index (χ2n) is 6.25. The number of hydrogen-bond donors (Lipinski definition) is 0. The van der Waals surface area contributed by atoms with E-state index in [-0.39, 0.29) is 6.10 Å². The molecule has 0 aliphatic rings. The van der Waals surface area contributed by atoms with E-state index in [0.717, 1.165) is 25.9 Å². The van der Waals surface area contributed by atoms with Crippen LogP contribution in [0.2, 0.25) is 0 Å². The molecule has 0 rings (SSSR count). The van der Waals surface area contributed by atoms with Crippen LogP contribution in [0.25, 0.3) is 0 Å². The summed E-state index contributed by atoms with van der Waals surface area (Å²) >= 11 is 0. The van der Waals surface area contributed by atoms with Crippen LogP contribution in [0.5, 0.6) is 0 Å². The lowest BCUT2D eigenvalue weighted by Crippen LogP contribution is -2.11. The Morgan fingerprint density at radius 1 is 0.571 bits per heavy atom. The van der Waals surface area contributed by atoms with Crippen molar-refractivity contribution in [2.45, 2.75) is 117 Å². The molecular formula is C19H40O2. The van der Waals surface area contributed by atoms with Crippen LogP contribution in [0.4, 0.5) is 0 Å². The van der Waals surface area contributed by atoms with Crippen molar-refractivity contribution < 1.29 is 9.78 Å². The molecule has 128 valence electrons. The van der Waals surface area contributed by atoms with E-state index in [9.17, 15) is 0 Å².